The molecule has 0 bridgehead atoms. The number of nitrogens with one attached hydrogen (secondary N) is 1. The largest absolute Gasteiger partial charge is 0.494 e. The summed E-state index contributed by atoms with van der Waals surface area (Å²) in [6.07, 6.45) is 9.46. The van der Waals surface area contributed by atoms with Gasteiger partial charge < -0.3 is 15.0 Å². The number of thiophene rings is 1. The maximum absolute atomic E-state index is 14.3. The van der Waals surface area contributed by atoms with Gasteiger partial charge in [0.05, 0.1) is 17.7 Å². The number of benzene rings is 2. The van der Waals surface area contributed by atoms with Crippen LogP contribution in [-0.4, -0.2) is 36.5 Å². The minimum absolute atomic E-state index is 0.0135. The van der Waals surface area contributed by atoms with Gasteiger partial charge in [0.15, 0.2) is 0 Å². The summed E-state index contributed by atoms with van der Waals surface area (Å²) in [6, 6.07) is 17.1. The Morgan fingerprint density at radius 3 is 2.62 bits per heavy atom. The van der Waals surface area contributed by atoms with Crippen LogP contribution in [0.15, 0.2) is 60.2 Å². The molecule has 3 aromatic rings. The van der Waals surface area contributed by atoms with E-state index in [1.165, 1.54) is 16.9 Å². The number of nitrogens with zero attached hydrogens (tertiary/aromatic N) is 2. The maximum Gasteiger partial charge on any atom is 0.266 e. The number of carbonyl (C=O) groups is 1. The molecule has 1 aromatic heterocycles. The molecule has 0 radical (unpaired) electrons. The molecule has 1 heterocycles. The zero-order chi connectivity index (χ0) is 27.4. The molecule has 5 nitrogen and oxygen atoms in total. The zero-order valence-electron chi connectivity index (χ0n) is 22.5. The number of nitriles is 1. The zero-order valence-corrected chi connectivity index (χ0v) is 24.1. The third-order valence-corrected chi connectivity index (χ3v) is 9.56. The Kier molecular flexibility index (Phi) is 8.72. The van der Waals surface area contributed by atoms with Gasteiger partial charge in [-0.1, -0.05) is 41.9 Å². The number of amides is 1. The summed E-state index contributed by atoms with van der Waals surface area (Å²) < 4.78 is 7.07. The van der Waals surface area contributed by atoms with E-state index in [4.69, 9.17) is 16.3 Å². The standard InChI is InChI=1S/C32H34ClN3O2S/c1-3-38-28-17-12-23(22-10-8-21(19-34)9-11-22)18-24(28)20-36(26-15-13-25(35-2)14-16-26)32(37)31-30(33)27-6-4-5-7-29(27)39-31/h4-8,10,12,17-18,25-26,35H,3,9,11,13-16,20H2,1-2H3. The molecule has 7 heteroatoms. The van der Waals surface area contributed by atoms with Crippen LogP contribution in [0.1, 0.15) is 66.2 Å². The van der Waals surface area contributed by atoms with Crippen LogP contribution >= 0.6 is 22.9 Å². The van der Waals surface area contributed by atoms with Gasteiger partial charge >= 0.3 is 0 Å². The van der Waals surface area contributed by atoms with Crippen molar-refractivity contribution in [1.29, 1.82) is 5.26 Å². The predicted octanol–water partition coefficient (Wildman–Crippen LogP) is 7.75. The third-order valence-electron chi connectivity index (χ3n) is 7.90. The van der Waals surface area contributed by atoms with Crippen molar-refractivity contribution in [2.75, 3.05) is 13.7 Å². The Balaban J connectivity index is 1.52. The van der Waals surface area contributed by atoms with Gasteiger partial charge in [-0.05, 0) is 87.9 Å². The van der Waals surface area contributed by atoms with Gasteiger partial charge in [-0.3, -0.25) is 4.79 Å². The van der Waals surface area contributed by atoms with Crippen molar-refractivity contribution < 1.29 is 9.53 Å². The highest BCUT2D eigenvalue weighted by molar-refractivity contribution is 7.21. The number of ether oxygens (including phenoxy) is 1. The van der Waals surface area contributed by atoms with Crippen molar-refractivity contribution in [1.82, 2.24) is 10.2 Å². The van der Waals surface area contributed by atoms with Crippen LogP contribution in [0.25, 0.3) is 15.7 Å². The molecule has 0 aliphatic heterocycles. The number of allylic oxidation sites excluding steroid dienone is 4. The Morgan fingerprint density at radius 1 is 1.15 bits per heavy atom. The summed E-state index contributed by atoms with van der Waals surface area (Å²) in [5, 5.41) is 14.1. The smallest absolute Gasteiger partial charge is 0.266 e. The molecular weight excluding hydrogens is 526 g/mol. The van der Waals surface area contributed by atoms with E-state index in [9.17, 15) is 10.1 Å². The molecular formula is C32H34ClN3O2S. The highest BCUT2D eigenvalue weighted by Crippen LogP contribution is 2.38. The van der Waals surface area contributed by atoms with Crippen LogP contribution in [0.2, 0.25) is 5.02 Å². The molecule has 0 spiro atoms. The highest BCUT2D eigenvalue weighted by Gasteiger charge is 2.32. The van der Waals surface area contributed by atoms with Crippen LogP contribution in [0, 0.1) is 11.3 Å². The third kappa shape index (κ3) is 5.91. The number of hydrogen-bond donors (Lipinski definition) is 1. The molecule has 0 atom stereocenters. The predicted molar refractivity (Wildman–Crippen MR) is 160 cm³/mol. The average Bonchev–Trinajstić information content (AvgIpc) is 3.33. The van der Waals surface area contributed by atoms with Gasteiger partial charge in [0.1, 0.15) is 10.6 Å². The van der Waals surface area contributed by atoms with Crippen LogP contribution in [0.4, 0.5) is 0 Å². The molecule has 202 valence electrons. The summed E-state index contributed by atoms with van der Waals surface area (Å²) >= 11 is 8.28. The Bertz CT molecular complexity index is 1460. The molecule has 1 N–H and O–H groups in total. The molecule has 2 aliphatic carbocycles. The highest BCUT2D eigenvalue weighted by atomic mass is 35.5. The first kappa shape index (κ1) is 27.5. The first-order valence-corrected chi connectivity index (χ1v) is 14.9. The fourth-order valence-corrected chi connectivity index (χ4v) is 7.15. The number of halogens is 1. The number of rotatable bonds is 8. The van der Waals surface area contributed by atoms with E-state index < -0.39 is 0 Å². The van der Waals surface area contributed by atoms with Crippen molar-refractivity contribution in [2.45, 2.75) is 64.1 Å². The minimum atomic E-state index is -0.0135. The maximum atomic E-state index is 14.3. The topological polar surface area (TPSA) is 65.4 Å². The lowest BCUT2D eigenvalue weighted by Gasteiger charge is -2.37. The van der Waals surface area contributed by atoms with Crippen molar-refractivity contribution in [3.8, 4) is 11.8 Å². The van der Waals surface area contributed by atoms with Crippen LogP contribution in [0.3, 0.4) is 0 Å². The normalized spacial score (nSPS) is 19.2. The van der Waals surface area contributed by atoms with E-state index >= 15 is 0 Å². The second-order valence-electron chi connectivity index (χ2n) is 10.2. The lowest BCUT2D eigenvalue weighted by molar-refractivity contribution is 0.0604. The van der Waals surface area contributed by atoms with E-state index in [0.717, 1.165) is 71.1 Å². The number of carbonyl (C=O) groups excluding carboxylic acids is 1. The van der Waals surface area contributed by atoms with Gasteiger partial charge in [-0.2, -0.15) is 5.26 Å². The first-order chi connectivity index (χ1) is 19.0. The monoisotopic (exact) mass is 559 g/mol. The van der Waals surface area contributed by atoms with Gasteiger partial charge in [-0.15, -0.1) is 11.3 Å². The van der Waals surface area contributed by atoms with Gasteiger partial charge in [0, 0.05) is 39.9 Å². The van der Waals surface area contributed by atoms with Gasteiger partial charge in [0.25, 0.3) is 5.91 Å². The molecule has 39 heavy (non-hydrogen) atoms. The van der Waals surface area contributed by atoms with E-state index in [-0.39, 0.29) is 11.9 Å². The average molecular weight is 560 g/mol. The summed E-state index contributed by atoms with van der Waals surface area (Å²) in [5.74, 6) is 0.788. The van der Waals surface area contributed by atoms with Crippen molar-refractivity contribution in [2.24, 2.45) is 0 Å². The first-order valence-electron chi connectivity index (χ1n) is 13.7. The fraction of sp³-hybridized carbons (Fsp3) is 0.375. The summed E-state index contributed by atoms with van der Waals surface area (Å²) in [7, 11) is 2.01. The second kappa shape index (κ2) is 12.4. The Hall–Kier alpha value is -3.11. The molecule has 0 saturated heterocycles. The van der Waals surface area contributed by atoms with Gasteiger partial charge in [0.2, 0.25) is 0 Å². The van der Waals surface area contributed by atoms with E-state index in [1.54, 1.807) is 0 Å². The van der Waals surface area contributed by atoms with Gasteiger partial charge in [-0.25, -0.2) is 0 Å². The molecule has 1 fully saturated rings. The SMILES string of the molecule is CCOc1ccc(C2=CC=C(C#N)CC2)cc1CN(C(=O)c1sc2ccccc2c1Cl)C1CCC(NC)CC1. The van der Waals surface area contributed by atoms with Crippen LogP contribution < -0.4 is 10.1 Å². The van der Waals surface area contributed by atoms with Crippen LogP contribution in [-0.2, 0) is 6.54 Å². The molecule has 2 aromatic carbocycles. The lowest BCUT2D eigenvalue weighted by atomic mass is 9.89. The molecule has 2 aliphatic rings. The van der Waals surface area contributed by atoms with E-state index in [0.29, 0.717) is 29.1 Å². The van der Waals surface area contributed by atoms with Crippen LogP contribution in [0.5, 0.6) is 5.75 Å². The minimum Gasteiger partial charge on any atom is -0.494 e. The molecule has 1 saturated carbocycles. The molecule has 5 rings (SSSR count). The summed E-state index contributed by atoms with van der Waals surface area (Å²) in [5.41, 5.74) is 4.09. The quantitative estimate of drug-likeness (QED) is 0.306. The molecule has 1 amide bonds. The summed E-state index contributed by atoms with van der Waals surface area (Å²) in [4.78, 5) is 16.9. The van der Waals surface area contributed by atoms with Crippen molar-refractivity contribution in [3.05, 3.63) is 81.2 Å². The molecule has 0 unspecified atom stereocenters. The number of fused-ring (bicyclic) bond motifs is 1. The van der Waals surface area contributed by atoms with E-state index in [1.807, 2.05) is 61.4 Å². The number of hydrogen-bond acceptors (Lipinski definition) is 5. The second-order valence-corrected chi connectivity index (χ2v) is 11.6. The summed E-state index contributed by atoms with van der Waals surface area (Å²) in [6.45, 7) is 2.98. The lowest BCUT2D eigenvalue weighted by Crippen LogP contribution is -2.44. The van der Waals surface area contributed by atoms with E-state index in [2.05, 4.69) is 23.5 Å². The van der Waals surface area contributed by atoms with Crippen molar-refractivity contribution in [3.63, 3.8) is 0 Å². The Morgan fingerprint density at radius 2 is 1.95 bits per heavy atom. The fourth-order valence-electron chi connectivity index (χ4n) is 5.68. The van der Waals surface area contributed by atoms with Crippen molar-refractivity contribution >= 4 is 44.5 Å². The Labute approximate surface area is 239 Å².